The number of carbonyl (C=O) groups excluding carboxylic acids is 1. The Balaban J connectivity index is 1.79. The minimum absolute atomic E-state index is 0.000946. The summed E-state index contributed by atoms with van der Waals surface area (Å²) in [6.07, 6.45) is 3.37. The first kappa shape index (κ1) is 19.1. The van der Waals surface area contributed by atoms with Crippen LogP contribution in [0.1, 0.15) is 52.9 Å². The highest BCUT2D eigenvalue weighted by Gasteiger charge is 2.52. The van der Waals surface area contributed by atoms with Crippen molar-refractivity contribution in [1.82, 2.24) is 9.97 Å². The van der Waals surface area contributed by atoms with Gasteiger partial charge >= 0.3 is 7.12 Å². The van der Waals surface area contributed by atoms with E-state index >= 15 is 0 Å². The molecule has 0 radical (unpaired) electrons. The zero-order chi connectivity index (χ0) is 20.5. The van der Waals surface area contributed by atoms with Crippen molar-refractivity contribution in [2.45, 2.75) is 65.1 Å². The minimum atomic E-state index is -0.630. The number of hydrogen-bond acceptors (Lipinski definition) is 5. The smallest absolute Gasteiger partial charge is 0.399 e. The summed E-state index contributed by atoms with van der Waals surface area (Å²) in [5.41, 5.74) is 1.88. The number of amides is 1. The molecular weight excluding hydrogens is 353 g/mol. The van der Waals surface area contributed by atoms with Gasteiger partial charge in [0.1, 0.15) is 5.82 Å². The molecule has 2 aliphatic heterocycles. The van der Waals surface area contributed by atoms with E-state index in [1.165, 1.54) is 0 Å². The van der Waals surface area contributed by atoms with Gasteiger partial charge in [0, 0.05) is 0 Å². The second-order valence-electron chi connectivity index (χ2n) is 9.12. The number of benzene rings is 1. The van der Waals surface area contributed by atoms with Crippen LogP contribution in [0.4, 0.5) is 11.4 Å². The Morgan fingerprint density at radius 2 is 1.54 bits per heavy atom. The maximum atomic E-state index is 13.2. The highest BCUT2D eigenvalue weighted by molar-refractivity contribution is 6.62. The highest BCUT2D eigenvalue weighted by Crippen LogP contribution is 2.45. The lowest BCUT2D eigenvalue weighted by molar-refractivity contribution is -0.121. The maximum Gasteiger partial charge on any atom is 0.494 e. The molecule has 146 valence electrons. The Kier molecular flexibility index (Phi) is 4.01. The third-order valence-electron chi connectivity index (χ3n) is 6.22. The van der Waals surface area contributed by atoms with Crippen molar-refractivity contribution in [1.29, 1.82) is 0 Å². The quantitative estimate of drug-likeness (QED) is 0.751. The van der Waals surface area contributed by atoms with Crippen molar-refractivity contribution in [3.63, 3.8) is 0 Å². The van der Waals surface area contributed by atoms with Crippen molar-refractivity contribution in [2.75, 3.05) is 4.90 Å². The van der Waals surface area contributed by atoms with E-state index in [4.69, 9.17) is 9.31 Å². The van der Waals surface area contributed by atoms with E-state index in [9.17, 15) is 4.79 Å². The fourth-order valence-corrected chi connectivity index (χ4v) is 3.65. The predicted molar refractivity (Wildman–Crippen MR) is 109 cm³/mol. The number of aromatic nitrogens is 2. The molecule has 7 heteroatoms. The fraction of sp³-hybridized carbons (Fsp3) is 0.476. The first-order valence-corrected chi connectivity index (χ1v) is 9.57. The van der Waals surface area contributed by atoms with Crippen LogP contribution in [0.3, 0.4) is 0 Å². The van der Waals surface area contributed by atoms with Gasteiger partial charge in [-0.1, -0.05) is 12.1 Å². The summed E-state index contributed by atoms with van der Waals surface area (Å²) in [6.45, 7) is 13.8. The van der Waals surface area contributed by atoms with Crippen LogP contribution in [0.25, 0.3) is 0 Å². The van der Waals surface area contributed by atoms with E-state index in [2.05, 4.69) is 9.97 Å². The molecule has 3 heterocycles. The molecule has 4 rings (SSSR count). The molecule has 0 bridgehead atoms. The average Bonchev–Trinajstić information content (AvgIpc) is 2.95. The van der Waals surface area contributed by atoms with Crippen LogP contribution in [0.15, 0.2) is 30.6 Å². The molecule has 28 heavy (non-hydrogen) atoms. The van der Waals surface area contributed by atoms with E-state index in [0.717, 1.165) is 16.7 Å². The number of fused-ring (bicyclic) bond motifs is 1. The topological polar surface area (TPSA) is 64.6 Å². The van der Waals surface area contributed by atoms with E-state index in [0.29, 0.717) is 11.5 Å². The molecule has 0 saturated carbocycles. The van der Waals surface area contributed by atoms with Crippen LogP contribution >= 0.6 is 0 Å². The normalized spacial score (nSPS) is 21.9. The van der Waals surface area contributed by atoms with Gasteiger partial charge in [-0.15, -0.1) is 0 Å². The lowest BCUT2D eigenvalue weighted by Gasteiger charge is -2.32. The Labute approximate surface area is 166 Å². The van der Waals surface area contributed by atoms with Gasteiger partial charge in [0.25, 0.3) is 0 Å². The molecule has 0 spiro atoms. The number of carbonyl (C=O) groups is 1. The van der Waals surface area contributed by atoms with Crippen molar-refractivity contribution in [3.05, 3.63) is 42.0 Å². The third-order valence-corrected chi connectivity index (χ3v) is 6.22. The number of rotatable bonds is 2. The molecule has 2 aromatic rings. The summed E-state index contributed by atoms with van der Waals surface area (Å²) in [5.74, 6) is 0.668. The summed E-state index contributed by atoms with van der Waals surface area (Å²) >= 11 is 0. The Morgan fingerprint density at radius 3 is 2.11 bits per heavy atom. The lowest BCUT2D eigenvalue weighted by atomic mass is 9.77. The van der Waals surface area contributed by atoms with Crippen LogP contribution in [-0.2, 0) is 19.5 Å². The summed E-state index contributed by atoms with van der Waals surface area (Å²) in [5, 5.41) is 0. The molecule has 0 aliphatic carbocycles. The van der Waals surface area contributed by atoms with Gasteiger partial charge < -0.3 is 9.31 Å². The van der Waals surface area contributed by atoms with Crippen molar-refractivity contribution < 1.29 is 14.1 Å². The maximum absolute atomic E-state index is 13.2. The molecule has 1 aromatic heterocycles. The molecule has 1 saturated heterocycles. The Bertz CT molecular complexity index is 938. The van der Waals surface area contributed by atoms with Gasteiger partial charge in [0.05, 0.1) is 40.4 Å². The van der Waals surface area contributed by atoms with E-state index in [-0.39, 0.29) is 5.91 Å². The SMILES string of the molecule is Cc1ncc(N2C(=O)C(C)(C)c3ccc(B4OC(C)(C)C(C)(C)O4)cc32)cn1. The summed E-state index contributed by atoms with van der Waals surface area (Å²) < 4.78 is 12.4. The van der Waals surface area contributed by atoms with Crippen molar-refractivity contribution in [3.8, 4) is 0 Å². The number of aryl methyl sites for hydroxylation is 1. The van der Waals surface area contributed by atoms with Crippen molar-refractivity contribution >= 4 is 29.9 Å². The zero-order valence-electron chi connectivity index (χ0n) is 17.5. The number of nitrogens with zero attached hydrogens (tertiary/aromatic N) is 3. The molecule has 2 aliphatic rings. The van der Waals surface area contributed by atoms with Crippen LogP contribution in [-0.4, -0.2) is 34.2 Å². The highest BCUT2D eigenvalue weighted by atomic mass is 16.7. The third kappa shape index (κ3) is 2.68. The van der Waals surface area contributed by atoms with Crippen LogP contribution in [0.5, 0.6) is 0 Å². The molecule has 0 N–H and O–H groups in total. The van der Waals surface area contributed by atoms with Gasteiger partial charge in [-0.3, -0.25) is 9.69 Å². The standard InChI is InChI=1S/C21H26BN3O3/c1-13-23-11-15(12-24-13)25-17-10-14(8-9-16(17)19(2,3)18(25)26)22-27-20(4,5)21(6,7)28-22/h8-12H,1-7H3. The Morgan fingerprint density at radius 1 is 0.964 bits per heavy atom. The first-order valence-electron chi connectivity index (χ1n) is 9.57. The summed E-state index contributed by atoms with van der Waals surface area (Å²) in [7, 11) is -0.481. The number of hydrogen-bond donors (Lipinski definition) is 0. The van der Waals surface area contributed by atoms with Crippen LogP contribution in [0.2, 0.25) is 0 Å². The van der Waals surface area contributed by atoms with Crippen LogP contribution in [0, 0.1) is 6.92 Å². The van der Waals surface area contributed by atoms with Crippen molar-refractivity contribution in [2.24, 2.45) is 0 Å². The lowest BCUT2D eigenvalue weighted by Crippen LogP contribution is -2.41. The second kappa shape index (κ2) is 5.88. The van der Waals surface area contributed by atoms with Gasteiger partial charge in [-0.2, -0.15) is 0 Å². The molecule has 0 unspecified atom stereocenters. The van der Waals surface area contributed by atoms with Gasteiger partial charge in [-0.05, 0) is 65.6 Å². The Hall–Kier alpha value is -2.25. The molecule has 0 atom stereocenters. The van der Waals surface area contributed by atoms with Gasteiger partial charge in [0.15, 0.2) is 0 Å². The summed E-state index contributed by atoms with van der Waals surface area (Å²) in [4.78, 5) is 23.4. The van der Waals surface area contributed by atoms with Gasteiger partial charge in [0.2, 0.25) is 5.91 Å². The summed E-state index contributed by atoms with van der Waals surface area (Å²) in [6, 6.07) is 5.98. The minimum Gasteiger partial charge on any atom is -0.399 e. The van der Waals surface area contributed by atoms with Gasteiger partial charge in [-0.25, -0.2) is 9.97 Å². The van der Waals surface area contributed by atoms with E-state index < -0.39 is 23.7 Å². The molecule has 6 nitrogen and oxygen atoms in total. The fourth-order valence-electron chi connectivity index (χ4n) is 3.65. The zero-order valence-corrected chi connectivity index (χ0v) is 17.5. The molecule has 1 fully saturated rings. The molecule has 1 aromatic carbocycles. The second-order valence-corrected chi connectivity index (χ2v) is 9.12. The predicted octanol–water partition coefficient (Wildman–Crippen LogP) is 3.04. The first-order chi connectivity index (χ1) is 12.9. The monoisotopic (exact) mass is 379 g/mol. The van der Waals surface area contributed by atoms with Crippen LogP contribution < -0.4 is 10.4 Å². The number of anilines is 2. The molecule has 1 amide bonds. The largest absolute Gasteiger partial charge is 0.494 e. The van der Waals surface area contributed by atoms with E-state index in [1.807, 2.05) is 66.7 Å². The molecular formula is C21H26BN3O3. The van der Waals surface area contributed by atoms with E-state index in [1.54, 1.807) is 17.3 Å². The average molecular weight is 379 g/mol.